The molecule has 1 saturated heterocycles. The molecule has 0 saturated carbocycles. The van der Waals surface area contributed by atoms with Crippen molar-refractivity contribution in [3.8, 4) is 11.8 Å². The van der Waals surface area contributed by atoms with E-state index in [1.165, 1.54) is 6.07 Å². The van der Waals surface area contributed by atoms with E-state index in [0.717, 1.165) is 17.5 Å². The lowest BCUT2D eigenvalue weighted by Crippen LogP contribution is -2.18. The highest BCUT2D eigenvalue weighted by atomic mass is 19.1. The molecule has 0 aromatic heterocycles. The summed E-state index contributed by atoms with van der Waals surface area (Å²) >= 11 is 0. The third-order valence-corrected chi connectivity index (χ3v) is 4.58. The van der Waals surface area contributed by atoms with Gasteiger partial charge in [0.1, 0.15) is 5.82 Å². The predicted octanol–water partition coefficient (Wildman–Crippen LogP) is 3.68. The molecular weight excluding hydrogens is 329 g/mol. The topological polar surface area (TPSA) is 52.3 Å². The molecule has 0 bridgehead atoms. The van der Waals surface area contributed by atoms with Gasteiger partial charge in [0, 0.05) is 11.1 Å². The zero-order valence-electron chi connectivity index (χ0n) is 15.0. The Morgan fingerprint density at radius 1 is 1.27 bits per heavy atom. The lowest BCUT2D eigenvalue weighted by atomic mass is 9.89. The zero-order valence-corrected chi connectivity index (χ0v) is 15.0. The summed E-state index contributed by atoms with van der Waals surface area (Å²) in [5, 5.41) is 0. The summed E-state index contributed by atoms with van der Waals surface area (Å²) in [5.74, 6) is 5.35. The molecule has 0 radical (unpaired) electrons. The van der Waals surface area contributed by atoms with E-state index >= 15 is 0 Å². The van der Waals surface area contributed by atoms with Crippen molar-refractivity contribution in [2.45, 2.75) is 32.3 Å². The fraction of sp³-hybridized carbons (Fsp3) is 0.318. The van der Waals surface area contributed by atoms with Crippen LogP contribution in [0, 0.1) is 23.6 Å². The summed E-state index contributed by atoms with van der Waals surface area (Å²) in [6.07, 6.45) is 1.63. The van der Waals surface area contributed by atoms with Crippen LogP contribution in [0.25, 0.3) is 0 Å². The van der Waals surface area contributed by atoms with Crippen molar-refractivity contribution in [1.82, 2.24) is 0 Å². The third-order valence-electron chi connectivity index (χ3n) is 4.58. The van der Waals surface area contributed by atoms with E-state index in [1.54, 1.807) is 30.3 Å². The van der Waals surface area contributed by atoms with Gasteiger partial charge in [0.2, 0.25) is 5.91 Å². The first-order valence-electron chi connectivity index (χ1n) is 8.67. The average molecular weight is 351 g/mol. The summed E-state index contributed by atoms with van der Waals surface area (Å²) in [4.78, 5) is 11.8. The molecule has 0 spiro atoms. The van der Waals surface area contributed by atoms with Gasteiger partial charge in [0.05, 0.1) is 17.8 Å². The minimum atomic E-state index is -0.452. The van der Waals surface area contributed by atoms with E-state index in [4.69, 9.17) is 10.5 Å². The van der Waals surface area contributed by atoms with Crippen LogP contribution in [0.4, 0.5) is 4.39 Å². The number of benzene rings is 2. The molecule has 1 heterocycles. The van der Waals surface area contributed by atoms with E-state index in [1.807, 2.05) is 6.07 Å². The third kappa shape index (κ3) is 4.30. The number of carbonyl (C=O) groups excluding carboxylic acids is 1. The van der Waals surface area contributed by atoms with E-state index < -0.39 is 5.91 Å². The first kappa shape index (κ1) is 18.2. The van der Waals surface area contributed by atoms with Crippen molar-refractivity contribution < 1.29 is 13.9 Å². The zero-order chi connectivity index (χ0) is 18.7. The first-order chi connectivity index (χ1) is 12.3. The molecule has 4 heteroatoms. The predicted molar refractivity (Wildman–Crippen MR) is 99.2 cm³/mol. The van der Waals surface area contributed by atoms with Gasteiger partial charge in [-0.1, -0.05) is 24.0 Å². The van der Waals surface area contributed by atoms with Crippen LogP contribution in [0.2, 0.25) is 0 Å². The lowest BCUT2D eigenvalue weighted by Gasteiger charge is -2.16. The monoisotopic (exact) mass is 351 g/mol. The summed E-state index contributed by atoms with van der Waals surface area (Å²) in [7, 11) is 0. The number of hydrogen-bond donors (Lipinski definition) is 1. The Balaban J connectivity index is 1.87. The fourth-order valence-electron chi connectivity index (χ4n) is 3.38. The maximum absolute atomic E-state index is 13.7. The van der Waals surface area contributed by atoms with Crippen LogP contribution in [0.5, 0.6) is 0 Å². The fourth-order valence-corrected chi connectivity index (χ4v) is 3.38. The molecule has 1 aliphatic heterocycles. The standard InChI is InChI=1S/C22H22FNO2/c1-22(2)13-16(14-26-22)12-18-11-15(8-10-19(18)21(24)25)7-9-17-5-3-4-6-20(17)23/h3-6,8,10-11,16H,12-14H2,1-2H3,(H2,24,25). The second-order valence-electron chi connectivity index (χ2n) is 7.31. The van der Waals surface area contributed by atoms with Crippen LogP contribution in [-0.4, -0.2) is 18.1 Å². The number of halogens is 1. The molecular formula is C22H22FNO2. The summed E-state index contributed by atoms with van der Waals surface area (Å²) in [6.45, 7) is 4.80. The molecule has 1 fully saturated rings. The molecule has 1 atom stereocenters. The minimum Gasteiger partial charge on any atom is -0.375 e. The molecule has 2 aromatic carbocycles. The van der Waals surface area contributed by atoms with Gasteiger partial charge in [-0.15, -0.1) is 0 Å². The number of hydrogen-bond acceptors (Lipinski definition) is 2. The van der Waals surface area contributed by atoms with Crippen molar-refractivity contribution in [3.63, 3.8) is 0 Å². The number of nitrogens with two attached hydrogens (primary N) is 1. The van der Waals surface area contributed by atoms with E-state index in [0.29, 0.717) is 30.1 Å². The van der Waals surface area contributed by atoms with Crippen LogP contribution in [0.1, 0.15) is 47.3 Å². The maximum atomic E-state index is 13.7. The smallest absolute Gasteiger partial charge is 0.248 e. The molecule has 1 amide bonds. The van der Waals surface area contributed by atoms with Crippen molar-refractivity contribution in [2.24, 2.45) is 11.7 Å². The largest absolute Gasteiger partial charge is 0.375 e. The average Bonchev–Trinajstić information content (AvgIpc) is 2.92. The van der Waals surface area contributed by atoms with Crippen LogP contribution >= 0.6 is 0 Å². The van der Waals surface area contributed by atoms with Gasteiger partial charge in [0.15, 0.2) is 0 Å². The Morgan fingerprint density at radius 2 is 2.04 bits per heavy atom. The highest BCUT2D eigenvalue weighted by Gasteiger charge is 2.32. The van der Waals surface area contributed by atoms with Crippen molar-refractivity contribution >= 4 is 5.91 Å². The molecule has 1 unspecified atom stereocenters. The lowest BCUT2D eigenvalue weighted by molar-refractivity contribution is 0.0350. The van der Waals surface area contributed by atoms with Crippen LogP contribution in [-0.2, 0) is 11.2 Å². The Hall–Kier alpha value is -2.64. The molecule has 3 nitrogen and oxygen atoms in total. The molecule has 1 aliphatic rings. The highest BCUT2D eigenvalue weighted by molar-refractivity contribution is 5.94. The van der Waals surface area contributed by atoms with Crippen LogP contribution in [0.15, 0.2) is 42.5 Å². The SMILES string of the molecule is CC1(C)CC(Cc2cc(C#Cc3ccccc3F)ccc2C(N)=O)CO1. The van der Waals surface area contributed by atoms with E-state index in [2.05, 4.69) is 25.7 Å². The number of primary amides is 1. The van der Waals surface area contributed by atoms with Gasteiger partial charge in [-0.3, -0.25) is 4.79 Å². The summed E-state index contributed by atoms with van der Waals surface area (Å²) in [6, 6.07) is 11.7. The molecule has 0 aliphatic carbocycles. The van der Waals surface area contributed by atoms with Crippen LogP contribution in [0.3, 0.4) is 0 Å². The summed E-state index contributed by atoms with van der Waals surface area (Å²) in [5.41, 5.74) is 7.83. The van der Waals surface area contributed by atoms with Gasteiger partial charge in [0.25, 0.3) is 0 Å². The molecule has 2 aromatic rings. The first-order valence-corrected chi connectivity index (χ1v) is 8.67. The van der Waals surface area contributed by atoms with E-state index in [9.17, 15) is 9.18 Å². The van der Waals surface area contributed by atoms with Gasteiger partial charge in [-0.25, -0.2) is 4.39 Å². The van der Waals surface area contributed by atoms with Crippen molar-refractivity contribution in [3.05, 3.63) is 70.5 Å². The van der Waals surface area contributed by atoms with Crippen molar-refractivity contribution in [2.75, 3.05) is 6.61 Å². The Labute approximate surface area is 153 Å². The number of amides is 1. The van der Waals surface area contributed by atoms with Gasteiger partial charge in [-0.2, -0.15) is 0 Å². The van der Waals surface area contributed by atoms with Gasteiger partial charge < -0.3 is 10.5 Å². The van der Waals surface area contributed by atoms with Gasteiger partial charge in [-0.05, 0) is 68.5 Å². The van der Waals surface area contributed by atoms with E-state index in [-0.39, 0.29) is 11.4 Å². The van der Waals surface area contributed by atoms with Crippen LogP contribution < -0.4 is 5.73 Å². The second-order valence-corrected chi connectivity index (χ2v) is 7.31. The molecule has 26 heavy (non-hydrogen) atoms. The maximum Gasteiger partial charge on any atom is 0.248 e. The second kappa shape index (κ2) is 7.31. The Kier molecular flexibility index (Phi) is 5.11. The Bertz CT molecular complexity index is 893. The molecule has 134 valence electrons. The quantitative estimate of drug-likeness (QED) is 0.858. The molecule has 2 N–H and O–H groups in total. The number of carbonyl (C=O) groups is 1. The Morgan fingerprint density at radius 3 is 2.69 bits per heavy atom. The van der Waals surface area contributed by atoms with Crippen molar-refractivity contribution in [1.29, 1.82) is 0 Å². The summed E-state index contributed by atoms with van der Waals surface area (Å²) < 4.78 is 19.5. The molecule has 3 rings (SSSR count). The minimum absolute atomic E-state index is 0.139. The normalized spacial score (nSPS) is 18.2. The highest BCUT2D eigenvalue weighted by Crippen LogP contribution is 2.32. The number of ether oxygens (including phenoxy) is 1. The number of rotatable bonds is 3. The van der Waals surface area contributed by atoms with Gasteiger partial charge >= 0.3 is 0 Å².